The molecule has 5 nitrogen and oxygen atoms in total. The van der Waals surface area contributed by atoms with E-state index in [1.807, 2.05) is 49.5 Å². The van der Waals surface area contributed by atoms with Crippen LogP contribution < -0.4 is 11.1 Å². The maximum atomic E-state index is 5.65. The van der Waals surface area contributed by atoms with Crippen molar-refractivity contribution in [1.29, 1.82) is 0 Å². The van der Waals surface area contributed by atoms with Crippen molar-refractivity contribution in [2.45, 2.75) is 13.5 Å². The van der Waals surface area contributed by atoms with Gasteiger partial charge in [0.2, 0.25) is 5.95 Å². The van der Waals surface area contributed by atoms with E-state index in [9.17, 15) is 0 Å². The van der Waals surface area contributed by atoms with E-state index in [0.29, 0.717) is 12.5 Å². The summed E-state index contributed by atoms with van der Waals surface area (Å²) in [5.74, 6) is 0.627. The normalized spacial score (nSPS) is 10.8. The summed E-state index contributed by atoms with van der Waals surface area (Å²) in [6.07, 6.45) is 1.91. The van der Waals surface area contributed by atoms with Gasteiger partial charge >= 0.3 is 0 Å². The molecule has 0 aliphatic heterocycles. The second-order valence-electron chi connectivity index (χ2n) is 4.54. The Hall–Kier alpha value is -2.56. The highest BCUT2D eigenvalue weighted by molar-refractivity contribution is 5.46. The van der Waals surface area contributed by atoms with Crippen LogP contribution in [-0.2, 0) is 6.54 Å². The fourth-order valence-corrected chi connectivity index (χ4v) is 1.87. The van der Waals surface area contributed by atoms with Crippen molar-refractivity contribution in [3.05, 3.63) is 53.7 Å². The minimum absolute atomic E-state index is 0.627. The Bertz CT molecular complexity index is 699. The highest BCUT2D eigenvalue weighted by atomic mass is 15.3. The molecule has 96 valence electrons. The zero-order chi connectivity index (χ0) is 13.2. The van der Waals surface area contributed by atoms with Crippen molar-refractivity contribution in [1.82, 2.24) is 14.6 Å². The van der Waals surface area contributed by atoms with Crippen molar-refractivity contribution in [2.24, 2.45) is 0 Å². The van der Waals surface area contributed by atoms with Gasteiger partial charge in [0.25, 0.3) is 0 Å². The van der Waals surface area contributed by atoms with Crippen LogP contribution in [-0.4, -0.2) is 14.6 Å². The van der Waals surface area contributed by atoms with Crippen molar-refractivity contribution in [3.8, 4) is 0 Å². The number of hydrogen-bond donors (Lipinski definition) is 2. The SMILES string of the molecule is Cc1ccn2nc(NCc3ccc(N)cc3)nc2c1. The monoisotopic (exact) mass is 253 g/mol. The van der Waals surface area contributed by atoms with E-state index >= 15 is 0 Å². The van der Waals surface area contributed by atoms with E-state index in [1.54, 1.807) is 4.52 Å². The highest BCUT2D eigenvalue weighted by Gasteiger charge is 2.02. The van der Waals surface area contributed by atoms with E-state index in [-0.39, 0.29) is 0 Å². The molecule has 0 saturated carbocycles. The molecular weight excluding hydrogens is 238 g/mol. The average Bonchev–Trinajstić information content (AvgIpc) is 2.80. The molecule has 0 fully saturated rings. The molecule has 0 radical (unpaired) electrons. The van der Waals surface area contributed by atoms with Crippen LogP contribution in [0.3, 0.4) is 0 Å². The van der Waals surface area contributed by atoms with Gasteiger partial charge in [0.05, 0.1) is 0 Å². The number of aromatic nitrogens is 3. The minimum Gasteiger partial charge on any atom is -0.399 e. The number of nitrogens with one attached hydrogen (secondary N) is 1. The van der Waals surface area contributed by atoms with Crippen LogP contribution in [0.4, 0.5) is 11.6 Å². The zero-order valence-corrected chi connectivity index (χ0v) is 10.7. The number of rotatable bonds is 3. The molecule has 0 amide bonds. The topological polar surface area (TPSA) is 68.2 Å². The number of hydrogen-bond acceptors (Lipinski definition) is 4. The van der Waals surface area contributed by atoms with E-state index in [2.05, 4.69) is 15.4 Å². The van der Waals surface area contributed by atoms with Crippen molar-refractivity contribution in [3.63, 3.8) is 0 Å². The fourth-order valence-electron chi connectivity index (χ4n) is 1.87. The van der Waals surface area contributed by atoms with Crippen LogP contribution in [0.1, 0.15) is 11.1 Å². The summed E-state index contributed by atoms with van der Waals surface area (Å²) in [7, 11) is 0. The molecule has 0 aliphatic carbocycles. The predicted octanol–water partition coefficient (Wildman–Crippen LogP) is 2.23. The van der Waals surface area contributed by atoms with Gasteiger partial charge in [-0.3, -0.25) is 0 Å². The van der Waals surface area contributed by atoms with Gasteiger partial charge in [0, 0.05) is 18.4 Å². The van der Waals surface area contributed by atoms with Gasteiger partial charge in [0.15, 0.2) is 5.65 Å². The molecule has 19 heavy (non-hydrogen) atoms. The van der Waals surface area contributed by atoms with Gasteiger partial charge < -0.3 is 11.1 Å². The van der Waals surface area contributed by atoms with Crippen molar-refractivity contribution in [2.75, 3.05) is 11.1 Å². The molecule has 0 unspecified atom stereocenters. The van der Waals surface area contributed by atoms with Gasteiger partial charge in [-0.2, -0.15) is 4.98 Å². The number of benzene rings is 1. The fraction of sp³-hybridized carbons (Fsp3) is 0.143. The third-order valence-electron chi connectivity index (χ3n) is 2.92. The lowest BCUT2D eigenvalue weighted by molar-refractivity contribution is 0.947. The third-order valence-corrected chi connectivity index (χ3v) is 2.92. The molecule has 2 heterocycles. The second kappa shape index (κ2) is 4.61. The lowest BCUT2D eigenvalue weighted by Crippen LogP contribution is -2.01. The van der Waals surface area contributed by atoms with Gasteiger partial charge in [-0.1, -0.05) is 12.1 Å². The van der Waals surface area contributed by atoms with Gasteiger partial charge in [-0.25, -0.2) is 4.52 Å². The van der Waals surface area contributed by atoms with Gasteiger partial charge in [-0.15, -0.1) is 5.10 Å². The number of pyridine rings is 1. The summed E-state index contributed by atoms with van der Waals surface area (Å²) in [5, 5.41) is 7.56. The van der Waals surface area contributed by atoms with Gasteiger partial charge in [-0.05, 0) is 42.3 Å². The molecule has 3 rings (SSSR count). The Morgan fingerprint density at radius 2 is 2.00 bits per heavy atom. The lowest BCUT2D eigenvalue weighted by Gasteiger charge is -2.02. The zero-order valence-electron chi connectivity index (χ0n) is 10.7. The van der Waals surface area contributed by atoms with Crippen molar-refractivity contribution >= 4 is 17.3 Å². The predicted molar refractivity (Wildman–Crippen MR) is 75.9 cm³/mol. The first-order chi connectivity index (χ1) is 9.20. The minimum atomic E-state index is 0.627. The summed E-state index contributed by atoms with van der Waals surface area (Å²) in [5.41, 5.74) is 9.58. The molecule has 0 spiro atoms. The smallest absolute Gasteiger partial charge is 0.243 e. The van der Waals surface area contributed by atoms with Crippen LogP contribution in [0.2, 0.25) is 0 Å². The Labute approximate surface area is 111 Å². The number of nitrogens with zero attached hydrogens (tertiary/aromatic N) is 3. The number of fused-ring (bicyclic) bond motifs is 1. The maximum Gasteiger partial charge on any atom is 0.243 e. The van der Waals surface area contributed by atoms with Crippen LogP contribution in [0.25, 0.3) is 5.65 Å². The first kappa shape index (κ1) is 11.5. The van der Waals surface area contributed by atoms with Crippen LogP contribution in [0, 0.1) is 6.92 Å². The van der Waals surface area contributed by atoms with E-state index in [4.69, 9.17) is 5.73 Å². The quantitative estimate of drug-likeness (QED) is 0.702. The summed E-state index contributed by atoms with van der Waals surface area (Å²) in [6.45, 7) is 2.71. The highest BCUT2D eigenvalue weighted by Crippen LogP contribution is 2.10. The van der Waals surface area contributed by atoms with E-state index in [0.717, 1.165) is 16.9 Å². The van der Waals surface area contributed by atoms with Crippen LogP contribution in [0.5, 0.6) is 0 Å². The summed E-state index contributed by atoms with van der Waals surface area (Å²) < 4.78 is 1.76. The molecule has 0 saturated heterocycles. The molecule has 0 aliphatic rings. The standard InChI is InChI=1S/C14H15N5/c1-10-6-7-19-13(8-10)17-14(18-19)16-9-11-2-4-12(15)5-3-11/h2-8H,9,15H2,1H3,(H,16,18). The second-order valence-corrected chi connectivity index (χ2v) is 4.54. The van der Waals surface area contributed by atoms with E-state index < -0.39 is 0 Å². The number of anilines is 2. The molecule has 0 bridgehead atoms. The molecule has 1 aromatic carbocycles. The molecule has 0 atom stereocenters. The van der Waals surface area contributed by atoms with Crippen LogP contribution >= 0.6 is 0 Å². The molecule has 3 N–H and O–H groups in total. The average molecular weight is 253 g/mol. The Morgan fingerprint density at radius 3 is 2.79 bits per heavy atom. The Balaban J connectivity index is 1.76. The lowest BCUT2D eigenvalue weighted by atomic mass is 10.2. The first-order valence-corrected chi connectivity index (χ1v) is 6.12. The third kappa shape index (κ3) is 2.49. The molecule has 2 aromatic heterocycles. The summed E-state index contributed by atoms with van der Waals surface area (Å²) >= 11 is 0. The Morgan fingerprint density at radius 1 is 1.21 bits per heavy atom. The number of nitrogen functional groups attached to an aromatic ring is 1. The number of nitrogens with two attached hydrogens (primary N) is 1. The van der Waals surface area contributed by atoms with Gasteiger partial charge in [0.1, 0.15) is 0 Å². The van der Waals surface area contributed by atoms with E-state index in [1.165, 1.54) is 5.56 Å². The first-order valence-electron chi connectivity index (χ1n) is 6.12. The number of aryl methyl sites for hydroxylation is 1. The molecular formula is C14H15N5. The maximum absolute atomic E-state index is 5.65. The molecule has 3 aromatic rings. The van der Waals surface area contributed by atoms with Crippen molar-refractivity contribution < 1.29 is 0 Å². The summed E-state index contributed by atoms with van der Waals surface area (Å²) in [6, 6.07) is 11.8. The summed E-state index contributed by atoms with van der Waals surface area (Å²) in [4.78, 5) is 4.42. The largest absolute Gasteiger partial charge is 0.399 e. The Kier molecular flexibility index (Phi) is 2.79. The van der Waals surface area contributed by atoms with Crippen LogP contribution in [0.15, 0.2) is 42.6 Å². The molecule has 5 heteroatoms.